The smallest absolute Gasteiger partial charge is 0.177 e. The Bertz CT molecular complexity index is 2150. The van der Waals surface area contributed by atoms with Gasteiger partial charge in [-0.1, -0.05) is 0 Å². The average Bonchev–Trinajstić information content (AvgIpc) is 3.87. The number of imidazole rings is 1. The Balaban J connectivity index is 0.926. The number of pyridine rings is 2. The molecule has 0 aromatic carbocycles. The molecule has 0 amide bonds. The maximum atomic E-state index is 5.47. The molecule has 13 heteroatoms. The van der Waals surface area contributed by atoms with Crippen molar-refractivity contribution in [2.24, 2.45) is 7.05 Å². The zero-order valence-electron chi connectivity index (χ0n) is 27.9. The molecule has 4 aliphatic rings. The van der Waals surface area contributed by atoms with Crippen molar-refractivity contribution in [3.63, 3.8) is 0 Å². The van der Waals surface area contributed by atoms with Gasteiger partial charge in [0.15, 0.2) is 5.65 Å². The van der Waals surface area contributed by atoms with Gasteiger partial charge >= 0.3 is 0 Å². The molecule has 0 bridgehead atoms. The molecule has 10 rings (SSSR count). The number of aryl methyl sites for hydroxylation is 1. The number of rotatable bonds is 9. The number of nitrogens with one attached hydrogen (secondary N) is 2. The summed E-state index contributed by atoms with van der Waals surface area (Å²) in [5.41, 5.74) is 10.3. The third kappa shape index (κ3) is 5.09. The molecule has 49 heavy (non-hydrogen) atoms. The first-order valence-corrected chi connectivity index (χ1v) is 17.6. The largest absolute Gasteiger partial charge is 0.378 e. The van der Waals surface area contributed by atoms with Crippen LogP contribution in [0.25, 0.3) is 44.7 Å². The Morgan fingerprint density at radius 1 is 0.816 bits per heavy atom. The Morgan fingerprint density at radius 2 is 1.55 bits per heavy atom. The lowest BCUT2D eigenvalue weighted by molar-refractivity contribution is -0.0913. The van der Waals surface area contributed by atoms with E-state index in [-0.39, 0.29) is 6.04 Å². The fraction of sp³-hybridized carbons (Fsp3) is 0.472. The predicted molar refractivity (Wildman–Crippen MR) is 184 cm³/mol. The number of H-pyrrole nitrogens is 2. The highest BCUT2D eigenvalue weighted by Gasteiger charge is 2.39. The van der Waals surface area contributed by atoms with Crippen LogP contribution in [0.15, 0.2) is 49.2 Å². The Morgan fingerprint density at radius 3 is 2.37 bits per heavy atom. The molecule has 0 aliphatic carbocycles. The minimum Gasteiger partial charge on any atom is -0.378 e. The first-order chi connectivity index (χ1) is 24.0. The molecular weight excluding hydrogens is 618 g/mol. The zero-order valence-corrected chi connectivity index (χ0v) is 27.9. The third-order valence-electron chi connectivity index (χ3n) is 11.3. The number of aromatic amines is 2. The van der Waals surface area contributed by atoms with E-state index in [2.05, 4.69) is 83.5 Å². The van der Waals surface area contributed by atoms with Crippen molar-refractivity contribution in [3.8, 4) is 22.5 Å². The lowest BCUT2D eigenvalue weighted by Gasteiger charge is -2.47. The van der Waals surface area contributed by atoms with E-state index in [1.807, 2.05) is 12.4 Å². The fourth-order valence-electron chi connectivity index (χ4n) is 8.18. The molecule has 252 valence electrons. The summed E-state index contributed by atoms with van der Waals surface area (Å²) >= 11 is 0. The molecule has 0 spiro atoms. The normalized spacial score (nSPS) is 21.8. The molecule has 4 saturated heterocycles. The van der Waals surface area contributed by atoms with Gasteiger partial charge in [-0.3, -0.25) is 19.2 Å². The SMILES string of the molecule is CC(Cc1c[nH]c2ncc(-c3cc(C4CCN(C5COC5)C4)n(C)n3)cc12)n1nc(-c2cnc3nc[nH]c3c2)cc1C1CN(C2COC2)C1. The van der Waals surface area contributed by atoms with Gasteiger partial charge in [0.1, 0.15) is 5.65 Å². The van der Waals surface area contributed by atoms with Gasteiger partial charge in [0, 0.05) is 85.0 Å². The quantitative estimate of drug-likeness (QED) is 0.237. The summed E-state index contributed by atoms with van der Waals surface area (Å²) in [5, 5.41) is 11.3. The molecule has 6 aromatic heterocycles. The van der Waals surface area contributed by atoms with E-state index in [0.717, 1.165) is 105 Å². The second-order valence-corrected chi connectivity index (χ2v) is 14.5. The van der Waals surface area contributed by atoms with Gasteiger partial charge < -0.3 is 19.4 Å². The number of nitrogens with zero attached hydrogens (tertiary/aromatic N) is 9. The topological polar surface area (TPSA) is 131 Å². The first kappa shape index (κ1) is 29.5. The number of aromatic nitrogens is 9. The summed E-state index contributed by atoms with van der Waals surface area (Å²) < 4.78 is 15.2. The lowest BCUT2D eigenvalue weighted by atomic mass is 9.92. The van der Waals surface area contributed by atoms with Crippen molar-refractivity contribution in [1.29, 1.82) is 0 Å². The fourth-order valence-corrected chi connectivity index (χ4v) is 8.18. The van der Waals surface area contributed by atoms with Crippen molar-refractivity contribution in [2.45, 2.75) is 49.7 Å². The summed E-state index contributed by atoms with van der Waals surface area (Å²) in [4.78, 5) is 25.4. The van der Waals surface area contributed by atoms with Crippen molar-refractivity contribution in [3.05, 3.63) is 66.1 Å². The van der Waals surface area contributed by atoms with E-state index in [4.69, 9.17) is 24.7 Å². The lowest BCUT2D eigenvalue weighted by Crippen LogP contribution is -2.58. The monoisotopic (exact) mass is 659 g/mol. The van der Waals surface area contributed by atoms with Crippen molar-refractivity contribution in [2.75, 3.05) is 52.6 Å². The van der Waals surface area contributed by atoms with Crippen LogP contribution in [0.5, 0.6) is 0 Å². The summed E-state index contributed by atoms with van der Waals surface area (Å²) in [7, 11) is 2.07. The van der Waals surface area contributed by atoms with E-state index in [1.165, 1.54) is 17.0 Å². The molecule has 0 saturated carbocycles. The van der Waals surface area contributed by atoms with Gasteiger partial charge in [0.25, 0.3) is 0 Å². The predicted octanol–water partition coefficient (Wildman–Crippen LogP) is 3.89. The van der Waals surface area contributed by atoms with Gasteiger partial charge in [-0.05, 0) is 56.1 Å². The van der Waals surface area contributed by atoms with Crippen LogP contribution in [0.1, 0.15) is 48.2 Å². The molecule has 10 heterocycles. The maximum Gasteiger partial charge on any atom is 0.177 e. The summed E-state index contributed by atoms with van der Waals surface area (Å²) in [6.07, 6.45) is 9.60. The van der Waals surface area contributed by atoms with Gasteiger partial charge in [0.05, 0.1) is 67.8 Å². The van der Waals surface area contributed by atoms with E-state index in [9.17, 15) is 0 Å². The highest BCUT2D eigenvalue weighted by molar-refractivity contribution is 5.84. The van der Waals surface area contributed by atoms with Crippen molar-refractivity contribution in [1.82, 2.24) is 54.3 Å². The van der Waals surface area contributed by atoms with Crippen LogP contribution in [-0.4, -0.2) is 119 Å². The summed E-state index contributed by atoms with van der Waals surface area (Å²) in [5.74, 6) is 0.916. The van der Waals surface area contributed by atoms with Crippen LogP contribution >= 0.6 is 0 Å². The number of hydrogen-bond donors (Lipinski definition) is 2. The molecular formula is C36H41N11O2. The van der Waals surface area contributed by atoms with Gasteiger partial charge in [-0.2, -0.15) is 10.2 Å². The second-order valence-electron chi connectivity index (χ2n) is 14.5. The van der Waals surface area contributed by atoms with Gasteiger partial charge in [-0.15, -0.1) is 0 Å². The van der Waals surface area contributed by atoms with Crippen LogP contribution in [0.3, 0.4) is 0 Å². The molecule has 6 aromatic rings. The van der Waals surface area contributed by atoms with E-state index >= 15 is 0 Å². The number of likely N-dealkylation sites (tertiary alicyclic amines) is 2. The van der Waals surface area contributed by atoms with E-state index in [0.29, 0.717) is 29.6 Å². The molecule has 4 aliphatic heterocycles. The van der Waals surface area contributed by atoms with Crippen LogP contribution in [0.4, 0.5) is 0 Å². The van der Waals surface area contributed by atoms with E-state index in [1.54, 1.807) is 6.33 Å². The minimum absolute atomic E-state index is 0.129. The van der Waals surface area contributed by atoms with E-state index < -0.39 is 0 Å². The maximum absolute atomic E-state index is 5.47. The second kappa shape index (κ2) is 11.6. The summed E-state index contributed by atoms with van der Waals surface area (Å²) in [6, 6.07) is 10.2. The summed E-state index contributed by atoms with van der Waals surface area (Å²) in [6.45, 7) is 9.95. The Labute approximate surface area is 283 Å². The van der Waals surface area contributed by atoms with Crippen LogP contribution in [0.2, 0.25) is 0 Å². The highest BCUT2D eigenvalue weighted by Crippen LogP contribution is 2.37. The van der Waals surface area contributed by atoms with Gasteiger partial charge in [0.2, 0.25) is 0 Å². The standard InChI is InChI=1S/C36H41N11O2/c1-21(47-34(26-14-46(15-26)28-18-49-19-28)9-31(43-47)25-7-32-36(39-12-25)41-20-40-32)5-23-10-37-35-29(23)6-24(11-38-35)30-8-33(44(2)42-30)22-3-4-45(13-22)27-16-48-17-27/h6-12,20-22,26-28H,3-5,13-19H2,1-2H3,(H,37,38)(H,39,40,41). The van der Waals surface area contributed by atoms with Crippen LogP contribution < -0.4 is 0 Å². The Hall–Kier alpha value is -4.43. The molecule has 4 fully saturated rings. The van der Waals surface area contributed by atoms with Gasteiger partial charge in [-0.25, -0.2) is 15.0 Å². The Kier molecular flexibility index (Phi) is 6.97. The van der Waals surface area contributed by atoms with Crippen molar-refractivity contribution < 1.29 is 9.47 Å². The first-order valence-electron chi connectivity index (χ1n) is 17.6. The van der Waals surface area contributed by atoms with Crippen LogP contribution in [-0.2, 0) is 22.9 Å². The molecule has 2 atom stereocenters. The number of ether oxygens (including phenoxy) is 2. The highest BCUT2D eigenvalue weighted by atomic mass is 16.5. The van der Waals surface area contributed by atoms with Crippen LogP contribution in [0, 0.1) is 0 Å². The molecule has 0 radical (unpaired) electrons. The zero-order chi connectivity index (χ0) is 32.6. The molecule has 2 unspecified atom stereocenters. The number of fused-ring (bicyclic) bond motifs is 2. The number of hydrogen-bond acceptors (Lipinski definition) is 9. The molecule has 13 nitrogen and oxygen atoms in total. The average molecular weight is 660 g/mol. The van der Waals surface area contributed by atoms with Crippen molar-refractivity contribution >= 4 is 22.2 Å². The molecule has 2 N–H and O–H groups in total. The minimum atomic E-state index is 0.129. The third-order valence-corrected chi connectivity index (χ3v) is 11.3.